The van der Waals surface area contributed by atoms with Crippen LogP contribution < -0.4 is 14.8 Å². The highest BCUT2D eigenvalue weighted by Gasteiger charge is 2.18. The largest absolute Gasteiger partial charge is 0.495 e. The van der Waals surface area contributed by atoms with Crippen molar-refractivity contribution in [2.75, 3.05) is 17.1 Å². The summed E-state index contributed by atoms with van der Waals surface area (Å²) in [4.78, 5) is 12.5. The van der Waals surface area contributed by atoms with E-state index in [9.17, 15) is 13.2 Å². The van der Waals surface area contributed by atoms with Crippen molar-refractivity contribution in [3.63, 3.8) is 0 Å². The van der Waals surface area contributed by atoms with Crippen LogP contribution in [0, 0.1) is 6.92 Å². The first-order chi connectivity index (χ1) is 13.8. The van der Waals surface area contributed by atoms with Gasteiger partial charge in [0, 0.05) is 16.3 Å². The maximum absolute atomic E-state index is 12.8. The summed E-state index contributed by atoms with van der Waals surface area (Å²) in [5.41, 5.74) is 1.94. The molecule has 2 N–H and O–H groups in total. The molecule has 150 valence electrons. The third-order valence-electron chi connectivity index (χ3n) is 4.09. The second-order valence-electron chi connectivity index (χ2n) is 6.30. The molecule has 3 aromatic rings. The van der Waals surface area contributed by atoms with Crippen molar-refractivity contribution in [2.45, 2.75) is 11.8 Å². The van der Waals surface area contributed by atoms with Gasteiger partial charge in [0.25, 0.3) is 15.9 Å². The molecule has 0 aromatic heterocycles. The molecule has 0 aliphatic heterocycles. The molecule has 0 aliphatic rings. The van der Waals surface area contributed by atoms with E-state index in [0.717, 1.165) is 5.56 Å². The highest BCUT2D eigenvalue weighted by atomic mass is 35.5. The summed E-state index contributed by atoms with van der Waals surface area (Å²) in [5.74, 6) is -0.109. The summed E-state index contributed by atoms with van der Waals surface area (Å²) < 4.78 is 33.4. The Labute approximate surface area is 174 Å². The fourth-order valence-electron chi connectivity index (χ4n) is 2.70. The molecule has 0 bridgehead atoms. The van der Waals surface area contributed by atoms with Gasteiger partial charge in [-0.2, -0.15) is 0 Å². The molecular formula is C21H19ClN2O4S. The minimum absolute atomic E-state index is 0.0128. The number of hydrogen-bond acceptors (Lipinski definition) is 4. The van der Waals surface area contributed by atoms with Gasteiger partial charge in [-0.1, -0.05) is 29.8 Å². The zero-order valence-electron chi connectivity index (χ0n) is 15.8. The summed E-state index contributed by atoms with van der Waals surface area (Å²) in [6.45, 7) is 1.87. The number of rotatable bonds is 6. The second-order valence-corrected chi connectivity index (χ2v) is 8.42. The van der Waals surface area contributed by atoms with Crippen LogP contribution in [-0.4, -0.2) is 21.4 Å². The van der Waals surface area contributed by atoms with E-state index >= 15 is 0 Å². The molecule has 0 atom stereocenters. The van der Waals surface area contributed by atoms with Gasteiger partial charge in [-0.3, -0.25) is 9.52 Å². The number of carbonyl (C=O) groups excluding carboxylic acids is 1. The van der Waals surface area contributed by atoms with Gasteiger partial charge in [-0.15, -0.1) is 0 Å². The molecule has 0 saturated carbocycles. The summed E-state index contributed by atoms with van der Waals surface area (Å²) in [6.07, 6.45) is 0. The van der Waals surface area contributed by atoms with Crippen LogP contribution in [0.3, 0.4) is 0 Å². The number of amides is 1. The van der Waals surface area contributed by atoms with E-state index in [2.05, 4.69) is 10.0 Å². The van der Waals surface area contributed by atoms with Crippen LogP contribution in [0.25, 0.3) is 0 Å². The normalized spacial score (nSPS) is 11.0. The Balaban J connectivity index is 1.91. The summed E-state index contributed by atoms with van der Waals surface area (Å²) in [6, 6.07) is 17.7. The van der Waals surface area contributed by atoms with Gasteiger partial charge in [0.1, 0.15) is 5.75 Å². The van der Waals surface area contributed by atoms with Gasteiger partial charge >= 0.3 is 0 Å². The molecule has 3 aromatic carbocycles. The van der Waals surface area contributed by atoms with Crippen molar-refractivity contribution in [1.29, 1.82) is 0 Å². The molecule has 8 heteroatoms. The monoisotopic (exact) mass is 430 g/mol. The molecule has 0 heterocycles. The lowest BCUT2D eigenvalue weighted by Gasteiger charge is -2.14. The molecule has 0 radical (unpaired) electrons. The number of halogens is 1. The summed E-state index contributed by atoms with van der Waals surface area (Å²) >= 11 is 5.93. The van der Waals surface area contributed by atoms with Gasteiger partial charge in [-0.05, 0) is 61.0 Å². The number of ether oxygens (including phenoxy) is 1. The molecule has 0 saturated heterocycles. The first-order valence-corrected chi connectivity index (χ1v) is 10.5. The zero-order valence-corrected chi connectivity index (χ0v) is 17.3. The number of hydrogen-bond donors (Lipinski definition) is 2. The van der Waals surface area contributed by atoms with Crippen LogP contribution in [0.2, 0.25) is 5.02 Å². The number of carbonyl (C=O) groups is 1. The molecular weight excluding hydrogens is 412 g/mol. The number of nitrogens with one attached hydrogen (secondary N) is 2. The molecule has 6 nitrogen and oxygen atoms in total. The fourth-order valence-corrected chi connectivity index (χ4v) is 3.96. The lowest BCUT2D eigenvalue weighted by atomic mass is 10.2. The Morgan fingerprint density at radius 3 is 2.45 bits per heavy atom. The van der Waals surface area contributed by atoms with Gasteiger partial charge in [0.15, 0.2) is 0 Å². The SMILES string of the molecule is COc1ccc(S(=O)(=O)Nc2cccc(C)c2)cc1NC(=O)c1cccc(Cl)c1. The van der Waals surface area contributed by atoms with Crippen molar-refractivity contribution in [1.82, 2.24) is 0 Å². The Morgan fingerprint density at radius 1 is 1.00 bits per heavy atom. The van der Waals surface area contributed by atoms with Gasteiger partial charge in [0.2, 0.25) is 0 Å². The lowest BCUT2D eigenvalue weighted by molar-refractivity contribution is 0.102. The standard InChI is InChI=1S/C21H19ClN2O4S/c1-14-5-3-8-17(11-14)24-29(26,27)18-9-10-20(28-2)19(13-18)23-21(25)15-6-4-7-16(22)12-15/h3-13,24H,1-2H3,(H,23,25). The van der Waals surface area contributed by atoms with Crippen LogP contribution in [0.4, 0.5) is 11.4 Å². The molecule has 3 rings (SSSR count). The van der Waals surface area contributed by atoms with Crippen molar-refractivity contribution in [2.24, 2.45) is 0 Å². The molecule has 0 aliphatic carbocycles. The zero-order chi connectivity index (χ0) is 21.0. The Morgan fingerprint density at radius 2 is 1.76 bits per heavy atom. The van der Waals surface area contributed by atoms with Crippen molar-refractivity contribution in [3.05, 3.63) is 82.9 Å². The first kappa shape index (κ1) is 20.7. The van der Waals surface area contributed by atoms with E-state index in [1.54, 1.807) is 36.4 Å². The summed E-state index contributed by atoms with van der Waals surface area (Å²) in [5, 5.41) is 3.10. The Hall–Kier alpha value is -3.03. The van der Waals surface area contributed by atoms with Crippen molar-refractivity contribution in [3.8, 4) is 5.75 Å². The Kier molecular flexibility index (Phi) is 6.10. The molecule has 0 spiro atoms. The van der Waals surface area contributed by atoms with Crippen molar-refractivity contribution >= 4 is 38.9 Å². The lowest BCUT2D eigenvalue weighted by Crippen LogP contribution is -2.16. The molecule has 1 amide bonds. The van der Waals surface area contributed by atoms with Crippen LogP contribution in [0.1, 0.15) is 15.9 Å². The van der Waals surface area contributed by atoms with Crippen LogP contribution in [0.15, 0.2) is 71.6 Å². The molecule has 29 heavy (non-hydrogen) atoms. The van der Waals surface area contributed by atoms with Crippen LogP contribution >= 0.6 is 11.6 Å². The van der Waals surface area contributed by atoms with Gasteiger partial charge in [0.05, 0.1) is 17.7 Å². The van der Waals surface area contributed by atoms with Gasteiger partial charge < -0.3 is 10.1 Å². The fraction of sp³-hybridized carbons (Fsp3) is 0.0952. The third kappa shape index (κ3) is 5.07. The third-order valence-corrected chi connectivity index (χ3v) is 5.70. The van der Waals surface area contributed by atoms with Crippen LogP contribution in [-0.2, 0) is 10.0 Å². The summed E-state index contributed by atoms with van der Waals surface area (Å²) in [7, 11) is -2.43. The Bertz CT molecular complexity index is 1160. The maximum Gasteiger partial charge on any atom is 0.261 e. The minimum atomic E-state index is -3.86. The van der Waals surface area contributed by atoms with E-state index in [-0.39, 0.29) is 10.6 Å². The predicted molar refractivity (Wildman–Crippen MR) is 114 cm³/mol. The highest BCUT2D eigenvalue weighted by molar-refractivity contribution is 7.92. The average Bonchev–Trinajstić information content (AvgIpc) is 2.67. The number of benzene rings is 3. The number of aryl methyl sites for hydroxylation is 1. The average molecular weight is 431 g/mol. The quantitative estimate of drug-likeness (QED) is 0.593. The number of anilines is 2. The first-order valence-electron chi connectivity index (χ1n) is 8.63. The predicted octanol–water partition coefficient (Wildman–Crippen LogP) is 4.71. The smallest absolute Gasteiger partial charge is 0.261 e. The number of sulfonamides is 1. The molecule has 0 unspecified atom stereocenters. The van der Waals surface area contributed by atoms with E-state index in [1.807, 2.05) is 13.0 Å². The highest BCUT2D eigenvalue weighted by Crippen LogP contribution is 2.29. The topological polar surface area (TPSA) is 84.5 Å². The van der Waals surface area contributed by atoms with Crippen molar-refractivity contribution < 1.29 is 17.9 Å². The second kappa shape index (κ2) is 8.55. The van der Waals surface area contributed by atoms with E-state index in [4.69, 9.17) is 16.3 Å². The van der Waals surface area contributed by atoms with Gasteiger partial charge in [-0.25, -0.2) is 8.42 Å². The van der Waals surface area contributed by atoms with E-state index in [1.165, 1.54) is 31.4 Å². The molecule has 0 fully saturated rings. The van der Waals surface area contributed by atoms with E-state index < -0.39 is 15.9 Å². The minimum Gasteiger partial charge on any atom is -0.495 e. The van der Waals surface area contributed by atoms with E-state index in [0.29, 0.717) is 22.0 Å². The number of methoxy groups -OCH3 is 1. The van der Waals surface area contributed by atoms with Crippen LogP contribution in [0.5, 0.6) is 5.75 Å². The maximum atomic E-state index is 12.8.